The molecule has 3 nitrogen and oxygen atoms in total. The topological polar surface area (TPSA) is 36.3 Å². The van der Waals surface area contributed by atoms with Crippen molar-refractivity contribution in [3.05, 3.63) is 77.4 Å². The molecular weight excluding hydrogens is 332 g/mol. The number of morpholine rings is 1. The van der Waals surface area contributed by atoms with Crippen LogP contribution in [0.25, 0.3) is 22.4 Å². The molecule has 0 aromatic heterocycles. The van der Waals surface area contributed by atoms with E-state index in [0.717, 1.165) is 42.8 Å². The molecule has 0 unspecified atom stereocenters. The van der Waals surface area contributed by atoms with Crippen molar-refractivity contribution in [2.45, 2.75) is 6.92 Å². The summed E-state index contributed by atoms with van der Waals surface area (Å²) >= 11 is 0. The van der Waals surface area contributed by atoms with Gasteiger partial charge in [0.1, 0.15) is 0 Å². The number of allylic oxidation sites excluding steroid dienone is 1. The first-order valence-electron chi connectivity index (χ1n) is 9.29. The number of nitriles is 1. The van der Waals surface area contributed by atoms with Crippen molar-refractivity contribution >= 4 is 28.1 Å². The Labute approximate surface area is 160 Å². The van der Waals surface area contributed by atoms with E-state index in [9.17, 15) is 5.26 Å². The summed E-state index contributed by atoms with van der Waals surface area (Å²) in [4.78, 5) is 2.36. The molecule has 3 aromatic carbocycles. The highest BCUT2D eigenvalue weighted by Crippen LogP contribution is 2.26. The van der Waals surface area contributed by atoms with Gasteiger partial charge < -0.3 is 9.64 Å². The molecule has 0 radical (unpaired) electrons. The van der Waals surface area contributed by atoms with Gasteiger partial charge in [0.25, 0.3) is 0 Å². The zero-order valence-electron chi connectivity index (χ0n) is 15.5. The summed E-state index contributed by atoms with van der Waals surface area (Å²) in [6.45, 7) is 5.54. The van der Waals surface area contributed by atoms with E-state index in [0.29, 0.717) is 5.57 Å². The van der Waals surface area contributed by atoms with Crippen molar-refractivity contribution in [1.29, 1.82) is 5.26 Å². The largest absolute Gasteiger partial charge is 0.378 e. The minimum absolute atomic E-state index is 0.680. The fourth-order valence-electron chi connectivity index (χ4n) is 3.63. The van der Waals surface area contributed by atoms with Crippen LogP contribution in [0.5, 0.6) is 0 Å². The van der Waals surface area contributed by atoms with Gasteiger partial charge in [0.2, 0.25) is 0 Å². The first-order valence-corrected chi connectivity index (χ1v) is 9.29. The zero-order chi connectivity index (χ0) is 18.6. The minimum Gasteiger partial charge on any atom is -0.378 e. The number of hydrogen-bond acceptors (Lipinski definition) is 3. The van der Waals surface area contributed by atoms with E-state index in [2.05, 4.69) is 60.4 Å². The summed E-state index contributed by atoms with van der Waals surface area (Å²) in [5.74, 6) is 0. The fraction of sp³-hybridized carbons (Fsp3) is 0.208. The van der Waals surface area contributed by atoms with Crippen LogP contribution in [0, 0.1) is 18.3 Å². The number of ether oxygens (including phenoxy) is 1. The molecule has 0 spiro atoms. The van der Waals surface area contributed by atoms with Gasteiger partial charge in [-0.2, -0.15) is 5.26 Å². The van der Waals surface area contributed by atoms with E-state index < -0.39 is 0 Å². The molecule has 27 heavy (non-hydrogen) atoms. The van der Waals surface area contributed by atoms with Crippen LogP contribution in [0.4, 0.5) is 5.69 Å². The minimum atomic E-state index is 0.680. The van der Waals surface area contributed by atoms with Gasteiger partial charge in [-0.25, -0.2) is 0 Å². The lowest BCUT2D eigenvalue weighted by Crippen LogP contribution is -2.36. The zero-order valence-corrected chi connectivity index (χ0v) is 15.5. The smallest absolute Gasteiger partial charge is 0.0998 e. The van der Waals surface area contributed by atoms with Crippen molar-refractivity contribution < 1.29 is 4.74 Å². The maximum Gasteiger partial charge on any atom is 0.0998 e. The molecule has 0 bridgehead atoms. The van der Waals surface area contributed by atoms with Crippen LogP contribution in [-0.2, 0) is 4.74 Å². The van der Waals surface area contributed by atoms with E-state index in [4.69, 9.17) is 4.74 Å². The van der Waals surface area contributed by atoms with Crippen LogP contribution in [0.1, 0.15) is 16.7 Å². The van der Waals surface area contributed by atoms with Crippen LogP contribution in [0.15, 0.2) is 60.7 Å². The Morgan fingerprint density at radius 1 is 1.00 bits per heavy atom. The van der Waals surface area contributed by atoms with Crippen molar-refractivity contribution in [2.24, 2.45) is 0 Å². The molecule has 0 amide bonds. The Kier molecular flexibility index (Phi) is 4.91. The average molecular weight is 354 g/mol. The predicted octanol–water partition coefficient (Wildman–Crippen LogP) is 5.05. The van der Waals surface area contributed by atoms with E-state index in [1.54, 1.807) is 0 Å². The van der Waals surface area contributed by atoms with Gasteiger partial charge in [0.05, 0.1) is 24.9 Å². The number of aryl methyl sites for hydroxylation is 1. The van der Waals surface area contributed by atoms with Gasteiger partial charge in [-0.15, -0.1) is 0 Å². The van der Waals surface area contributed by atoms with Crippen molar-refractivity contribution in [1.82, 2.24) is 0 Å². The van der Waals surface area contributed by atoms with Gasteiger partial charge in [-0.3, -0.25) is 0 Å². The average Bonchev–Trinajstić information content (AvgIpc) is 2.72. The van der Waals surface area contributed by atoms with Crippen LogP contribution in [-0.4, -0.2) is 26.3 Å². The van der Waals surface area contributed by atoms with Gasteiger partial charge in [-0.05, 0) is 58.7 Å². The van der Waals surface area contributed by atoms with Crippen LogP contribution >= 0.6 is 0 Å². The molecule has 0 aliphatic carbocycles. The monoisotopic (exact) mass is 354 g/mol. The van der Waals surface area contributed by atoms with Crippen molar-refractivity contribution in [3.63, 3.8) is 0 Å². The molecule has 1 fully saturated rings. The Hall–Kier alpha value is -3.09. The second-order valence-corrected chi connectivity index (χ2v) is 6.88. The van der Waals surface area contributed by atoms with Gasteiger partial charge in [0, 0.05) is 18.8 Å². The summed E-state index contributed by atoms with van der Waals surface area (Å²) < 4.78 is 5.44. The highest BCUT2D eigenvalue weighted by atomic mass is 16.5. The summed E-state index contributed by atoms with van der Waals surface area (Å²) in [5, 5.41) is 12.0. The molecule has 3 aromatic rings. The van der Waals surface area contributed by atoms with E-state index in [-0.39, 0.29) is 0 Å². The Balaban J connectivity index is 1.65. The molecule has 1 saturated heterocycles. The van der Waals surface area contributed by atoms with Crippen molar-refractivity contribution in [2.75, 3.05) is 31.2 Å². The lowest BCUT2D eigenvalue weighted by atomic mass is 9.99. The first-order chi connectivity index (χ1) is 13.2. The Bertz CT molecular complexity index is 1040. The molecule has 1 heterocycles. The summed E-state index contributed by atoms with van der Waals surface area (Å²) in [6, 6.07) is 23.2. The number of anilines is 1. The molecule has 134 valence electrons. The van der Waals surface area contributed by atoms with Crippen LogP contribution in [0.2, 0.25) is 0 Å². The third kappa shape index (κ3) is 3.72. The predicted molar refractivity (Wildman–Crippen MR) is 112 cm³/mol. The van der Waals surface area contributed by atoms with Gasteiger partial charge in [-0.1, -0.05) is 42.5 Å². The van der Waals surface area contributed by atoms with Gasteiger partial charge in [0.15, 0.2) is 0 Å². The molecule has 1 aliphatic rings. The number of nitrogens with zero attached hydrogens (tertiary/aromatic N) is 2. The maximum atomic E-state index is 9.70. The highest BCUT2D eigenvalue weighted by Gasteiger charge is 2.13. The SMILES string of the molecule is Cc1cc(/C=C(/C#N)c2ccc3ccccc3c2)ccc1N1CCOCC1. The Morgan fingerprint density at radius 2 is 1.78 bits per heavy atom. The third-order valence-corrected chi connectivity index (χ3v) is 5.06. The lowest BCUT2D eigenvalue weighted by molar-refractivity contribution is 0.122. The number of hydrogen-bond donors (Lipinski definition) is 0. The number of rotatable bonds is 3. The molecule has 1 aliphatic heterocycles. The standard InChI is InChI=1S/C24H22N2O/c1-18-14-19(6-9-24(18)26-10-12-27-13-11-26)15-23(17-25)22-8-7-20-4-2-3-5-21(20)16-22/h2-9,14-16H,10-13H2,1H3/b23-15-. The second kappa shape index (κ2) is 7.65. The van der Waals surface area contributed by atoms with Crippen molar-refractivity contribution in [3.8, 4) is 6.07 Å². The quantitative estimate of drug-likeness (QED) is 0.488. The molecular formula is C24H22N2O. The number of fused-ring (bicyclic) bond motifs is 1. The highest BCUT2D eigenvalue weighted by molar-refractivity contribution is 5.94. The summed E-state index contributed by atoms with van der Waals surface area (Å²) in [5.41, 5.74) is 5.15. The number of benzene rings is 3. The molecule has 3 heteroatoms. The molecule has 0 saturated carbocycles. The normalized spacial score (nSPS) is 15.0. The summed E-state index contributed by atoms with van der Waals surface area (Å²) in [7, 11) is 0. The second-order valence-electron chi connectivity index (χ2n) is 6.88. The molecule has 4 rings (SSSR count). The van der Waals surface area contributed by atoms with E-state index in [1.165, 1.54) is 16.6 Å². The third-order valence-electron chi connectivity index (χ3n) is 5.06. The van der Waals surface area contributed by atoms with Gasteiger partial charge >= 0.3 is 0 Å². The Morgan fingerprint density at radius 3 is 2.52 bits per heavy atom. The van der Waals surface area contributed by atoms with Crippen LogP contribution in [0.3, 0.4) is 0 Å². The summed E-state index contributed by atoms with van der Waals surface area (Å²) in [6.07, 6.45) is 1.97. The molecule has 0 N–H and O–H groups in total. The molecule has 0 atom stereocenters. The lowest BCUT2D eigenvalue weighted by Gasteiger charge is -2.30. The first kappa shape index (κ1) is 17.3. The maximum absolute atomic E-state index is 9.70. The fourth-order valence-corrected chi connectivity index (χ4v) is 3.63. The van der Waals surface area contributed by atoms with E-state index >= 15 is 0 Å². The van der Waals surface area contributed by atoms with Crippen LogP contribution < -0.4 is 4.90 Å². The van der Waals surface area contributed by atoms with E-state index in [1.807, 2.05) is 24.3 Å².